The molecule has 132 valence electrons. The van der Waals surface area contributed by atoms with Crippen molar-refractivity contribution in [1.82, 2.24) is 4.90 Å². The summed E-state index contributed by atoms with van der Waals surface area (Å²) in [5, 5.41) is 11.2. The highest BCUT2D eigenvalue weighted by molar-refractivity contribution is 5.96. The van der Waals surface area contributed by atoms with Crippen LogP contribution in [0.1, 0.15) is 24.2 Å². The minimum absolute atomic E-state index is 0.111. The number of hydrogen-bond donors (Lipinski definition) is 0. The van der Waals surface area contributed by atoms with Gasteiger partial charge in [-0.1, -0.05) is 0 Å². The van der Waals surface area contributed by atoms with Crippen molar-refractivity contribution in [3.05, 3.63) is 27.8 Å². The molecule has 0 radical (unpaired) electrons. The zero-order valence-corrected chi connectivity index (χ0v) is 14.0. The van der Waals surface area contributed by atoms with Gasteiger partial charge in [-0.15, -0.1) is 0 Å². The molecule has 1 rings (SSSR count). The van der Waals surface area contributed by atoms with Crippen molar-refractivity contribution in [2.75, 3.05) is 33.9 Å². The molecule has 1 aromatic rings. The smallest absolute Gasteiger partial charge is 0.345 e. The maximum atomic E-state index is 12.1. The van der Waals surface area contributed by atoms with Crippen molar-refractivity contribution in [3.8, 4) is 11.5 Å². The van der Waals surface area contributed by atoms with Crippen LogP contribution in [-0.4, -0.2) is 55.6 Å². The highest BCUT2D eigenvalue weighted by atomic mass is 16.6. The van der Waals surface area contributed by atoms with E-state index in [-0.39, 0.29) is 23.0 Å². The van der Waals surface area contributed by atoms with Crippen LogP contribution < -0.4 is 9.47 Å². The van der Waals surface area contributed by atoms with Crippen molar-refractivity contribution in [3.63, 3.8) is 0 Å². The summed E-state index contributed by atoms with van der Waals surface area (Å²) in [4.78, 5) is 35.9. The van der Waals surface area contributed by atoms with Crippen LogP contribution in [0.15, 0.2) is 12.1 Å². The third-order valence-corrected chi connectivity index (χ3v) is 3.36. The predicted molar refractivity (Wildman–Crippen MR) is 84.4 cm³/mol. The topological polar surface area (TPSA) is 108 Å². The SMILES string of the molecule is CCN(CC)C(=O)COC(=O)c1cc(OC)c(OC)cc1[N+](=O)[O-]. The van der Waals surface area contributed by atoms with Crippen molar-refractivity contribution in [2.45, 2.75) is 13.8 Å². The van der Waals surface area contributed by atoms with Gasteiger partial charge < -0.3 is 19.1 Å². The highest BCUT2D eigenvalue weighted by Crippen LogP contribution is 2.34. The largest absolute Gasteiger partial charge is 0.493 e. The molecule has 0 aliphatic heterocycles. The van der Waals surface area contributed by atoms with E-state index in [1.807, 2.05) is 0 Å². The fourth-order valence-corrected chi connectivity index (χ4v) is 2.06. The molecule has 0 heterocycles. The second kappa shape index (κ2) is 8.70. The molecule has 0 aliphatic carbocycles. The highest BCUT2D eigenvalue weighted by Gasteiger charge is 2.26. The average Bonchev–Trinajstić information content (AvgIpc) is 2.59. The number of carbonyl (C=O) groups is 2. The molecule has 9 nitrogen and oxygen atoms in total. The standard InChI is InChI=1S/C15H20N2O7/c1-5-16(6-2)14(18)9-24-15(19)10-7-12(22-3)13(23-4)8-11(10)17(20)21/h7-8H,5-6,9H2,1-4H3. The van der Waals surface area contributed by atoms with Crippen LogP contribution in [-0.2, 0) is 9.53 Å². The first kappa shape index (κ1) is 19.2. The van der Waals surface area contributed by atoms with E-state index in [0.717, 1.165) is 12.1 Å². The Hall–Kier alpha value is -2.84. The number of benzene rings is 1. The molecule has 0 spiro atoms. The van der Waals surface area contributed by atoms with Crippen molar-refractivity contribution in [1.29, 1.82) is 0 Å². The average molecular weight is 340 g/mol. The van der Waals surface area contributed by atoms with E-state index in [1.165, 1.54) is 19.1 Å². The fourth-order valence-electron chi connectivity index (χ4n) is 2.06. The van der Waals surface area contributed by atoms with Crippen LogP contribution >= 0.6 is 0 Å². The third kappa shape index (κ3) is 4.34. The monoisotopic (exact) mass is 340 g/mol. The van der Waals surface area contributed by atoms with E-state index in [9.17, 15) is 19.7 Å². The zero-order chi connectivity index (χ0) is 18.3. The van der Waals surface area contributed by atoms with Gasteiger partial charge in [-0.05, 0) is 13.8 Å². The summed E-state index contributed by atoms with van der Waals surface area (Å²) in [5.41, 5.74) is -0.807. The Morgan fingerprint density at radius 1 is 1.12 bits per heavy atom. The number of nitro groups is 1. The Balaban J connectivity index is 3.05. The lowest BCUT2D eigenvalue weighted by atomic mass is 10.1. The van der Waals surface area contributed by atoms with Gasteiger partial charge in [-0.2, -0.15) is 0 Å². The number of carbonyl (C=O) groups excluding carboxylic acids is 2. The lowest BCUT2D eigenvalue weighted by Crippen LogP contribution is -2.34. The van der Waals surface area contributed by atoms with Gasteiger partial charge in [0.2, 0.25) is 0 Å². The third-order valence-electron chi connectivity index (χ3n) is 3.36. The van der Waals surface area contributed by atoms with Crippen molar-refractivity contribution >= 4 is 17.6 Å². The summed E-state index contributed by atoms with van der Waals surface area (Å²) < 4.78 is 14.9. The number of nitro benzene ring substituents is 1. The second-order valence-electron chi connectivity index (χ2n) is 4.62. The molecule has 0 atom stereocenters. The van der Waals surface area contributed by atoms with Gasteiger partial charge in [-0.25, -0.2) is 4.79 Å². The second-order valence-corrected chi connectivity index (χ2v) is 4.62. The first-order chi connectivity index (χ1) is 11.4. The Morgan fingerprint density at radius 3 is 2.12 bits per heavy atom. The number of hydrogen-bond acceptors (Lipinski definition) is 7. The van der Waals surface area contributed by atoms with E-state index in [1.54, 1.807) is 13.8 Å². The first-order valence-corrected chi connectivity index (χ1v) is 7.24. The molecule has 0 bridgehead atoms. The van der Waals surface area contributed by atoms with Crippen LogP contribution in [0.25, 0.3) is 0 Å². The lowest BCUT2D eigenvalue weighted by molar-refractivity contribution is -0.385. The molecular formula is C15H20N2O7. The summed E-state index contributed by atoms with van der Waals surface area (Å²) in [6.07, 6.45) is 0. The molecule has 0 N–H and O–H groups in total. The zero-order valence-electron chi connectivity index (χ0n) is 14.0. The van der Waals surface area contributed by atoms with Crippen LogP contribution in [0.5, 0.6) is 11.5 Å². The summed E-state index contributed by atoms with van der Waals surface area (Å²) in [5.74, 6) is -1.11. The maximum absolute atomic E-state index is 12.1. The van der Waals surface area contributed by atoms with Crippen LogP contribution in [0.2, 0.25) is 0 Å². The van der Waals surface area contributed by atoms with Gasteiger partial charge in [0.1, 0.15) is 5.56 Å². The molecule has 1 amide bonds. The Labute approximate surface area is 139 Å². The molecule has 0 saturated carbocycles. The van der Waals surface area contributed by atoms with Gasteiger partial charge >= 0.3 is 5.97 Å². The van der Waals surface area contributed by atoms with Crippen LogP contribution in [0.4, 0.5) is 5.69 Å². The number of ether oxygens (including phenoxy) is 3. The fraction of sp³-hybridized carbons (Fsp3) is 0.467. The van der Waals surface area contributed by atoms with Gasteiger partial charge in [0.15, 0.2) is 18.1 Å². The number of likely N-dealkylation sites (N-methyl/N-ethyl adjacent to an activating group) is 1. The number of methoxy groups -OCH3 is 2. The summed E-state index contributed by atoms with van der Waals surface area (Å²) >= 11 is 0. The molecule has 0 fully saturated rings. The minimum atomic E-state index is -0.983. The molecule has 0 aliphatic rings. The normalized spacial score (nSPS) is 10.0. The summed E-state index contributed by atoms with van der Waals surface area (Å²) in [6, 6.07) is 2.23. The molecule has 0 aromatic heterocycles. The molecule has 1 aromatic carbocycles. The molecule has 24 heavy (non-hydrogen) atoms. The molecule has 0 saturated heterocycles. The van der Waals surface area contributed by atoms with E-state index in [0.29, 0.717) is 13.1 Å². The van der Waals surface area contributed by atoms with E-state index in [2.05, 4.69) is 0 Å². The minimum Gasteiger partial charge on any atom is -0.493 e. The van der Waals surface area contributed by atoms with Crippen LogP contribution in [0, 0.1) is 10.1 Å². The molecule has 9 heteroatoms. The first-order valence-electron chi connectivity index (χ1n) is 7.24. The van der Waals surface area contributed by atoms with Gasteiger partial charge in [0.05, 0.1) is 25.2 Å². The number of esters is 1. The van der Waals surface area contributed by atoms with E-state index in [4.69, 9.17) is 14.2 Å². The summed E-state index contributed by atoms with van der Waals surface area (Å²) in [7, 11) is 2.66. The predicted octanol–water partition coefficient (Wildman–Crippen LogP) is 1.64. The van der Waals surface area contributed by atoms with Crippen LogP contribution in [0.3, 0.4) is 0 Å². The van der Waals surface area contributed by atoms with Gasteiger partial charge in [0.25, 0.3) is 11.6 Å². The quantitative estimate of drug-likeness (QED) is 0.402. The van der Waals surface area contributed by atoms with Gasteiger partial charge in [-0.3, -0.25) is 14.9 Å². The van der Waals surface area contributed by atoms with E-state index >= 15 is 0 Å². The maximum Gasteiger partial charge on any atom is 0.345 e. The Morgan fingerprint density at radius 2 is 1.67 bits per heavy atom. The Kier molecular flexibility index (Phi) is 6.97. The molecule has 0 unspecified atom stereocenters. The van der Waals surface area contributed by atoms with Crippen molar-refractivity contribution in [2.24, 2.45) is 0 Å². The number of rotatable bonds is 8. The molecular weight excluding hydrogens is 320 g/mol. The van der Waals surface area contributed by atoms with Gasteiger partial charge in [0, 0.05) is 19.2 Å². The number of amides is 1. The summed E-state index contributed by atoms with van der Waals surface area (Å²) in [6.45, 7) is 4.05. The van der Waals surface area contributed by atoms with Crippen molar-refractivity contribution < 1.29 is 28.7 Å². The van der Waals surface area contributed by atoms with E-state index < -0.39 is 23.2 Å². The number of nitrogens with zero attached hydrogens (tertiary/aromatic N) is 2. The lowest BCUT2D eigenvalue weighted by Gasteiger charge is -2.18. The Bertz CT molecular complexity index is 626.